The number of carbonyl (C=O) groups excluding carboxylic acids is 1. The molecule has 0 unspecified atom stereocenters. The molecule has 0 heterocycles. The summed E-state index contributed by atoms with van der Waals surface area (Å²) >= 11 is 13.7. The summed E-state index contributed by atoms with van der Waals surface area (Å²) < 4.78 is 4.83. The fourth-order valence-electron chi connectivity index (χ4n) is 1.28. The minimum absolute atomic E-state index is 0.00776. The van der Waals surface area contributed by atoms with Gasteiger partial charge in [0.05, 0.1) is 13.0 Å². The molecule has 0 atom stereocenters. The van der Waals surface area contributed by atoms with E-state index in [0.717, 1.165) is 11.1 Å². The van der Waals surface area contributed by atoms with Crippen LogP contribution in [0.5, 0.6) is 0 Å². The Balaban J connectivity index is 3.08. The first-order chi connectivity index (χ1) is 8.47. The van der Waals surface area contributed by atoms with Crippen LogP contribution in [-0.4, -0.2) is 12.6 Å². The average molecular weight is 504 g/mol. The summed E-state index contributed by atoms with van der Waals surface area (Å²) in [6.07, 6.45) is 5.04. The molecule has 6 heteroatoms. The van der Waals surface area contributed by atoms with E-state index in [0.29, 0.717) is 5.56 Å². The zero-order chi connectivity index (χ0) is 13.7. The maximum absolute atomic E-state index is 11.7. The minimum atomic E-state index is -0.429. The second kappa shape index (κ2) is 7.68. The van der Waals surface area contributed by atoms with E-state index in [2.05, 4.69) is 69.6 Å². The van der Waals surface area contributed by atoms with Crippen molar-refractivity contribution in [3.63, 3.8) is 0 Å². The van der Waals surface area contributed by atoms with Gasteiger partial charge >= 0.3 is 5.97 Å². The fourth-order valence-corrected chi connectivity index (χ4v) is 2.91. The number of terminal acetylenes is 1. The molecule has 0 bridgehead atoms. The molecule has 1 aromatic rings. The van der Waals surface area contributed by atoms with Gasteiger partial charge in [0.25, 0.3) is 0 Å². The minimum Gasteiger partial charge on any atom is -0.449 e. The van der Waals surface area contributed by atoms with Gasteiger partial charge in [0.1, 0.15) is 0 Å². The quantitative estimate of drug-likeness (QED) is 0.326. The van der Waals surface area contributed by atoms with Crippen LogP contribution in [0.25, 0.3) is 0 Å². The molecule has 0 saturated heterocycles. The molecule has 0 radical (unpaired) electrons. The number of alkyl halides is 4. The summed E-state index contributed by atoms with van der Waals surface area (Å²) in [7, 11) is 0. The monoisotopic (exact) mass is 500 g/mol. The highest BCUT2D eigenvalue weighted by Gasteiger charge is 2.17. The summed E-state index contributed by atoms with van der Waals surface area (Å²) in [4.78, 5) is 11.7. The Bertz CT molecular complexity index is 477. The fraction of sp³-hybridized carbons (Fsp3) is 0.250. The number of halogens is 4. The third-order valence-electron chi connectivity index (χ3n) is 2.08. The molecular weight excluding hydrogens is 496 g/mol. The van der Waals surface area contributed by atoms with E-state index < -0.39 is 5.97 Å². The van der Waals surface area contributed by atoms with Gasteiger partial charge in [-0.05, 0) is 23.3 Å². The first-order valence-electron chi connectivity index (χ1n) is 4.78. The highest BCUT2D eigenvalue weighted by atomic mass is 79.9. The first-order valence-corrected chi connectivity index (χ1v) is 8.44. The lowest BCUT2D eigenvalue weighted by Gasteiger charge is -2.13. The smallest absolute Gasteiger partial charge is 0.339 e. The summed E-state index contributed by atoms with van der Waals surface area (Å²) in [5, 5.41) is 0. The largest absolute Gasteiger partial charge is 0.449 e. The third kappa shape index (κ3) is 4.37. The van der Waals surface area contributed by atoms with Crippen molar-refractivity contribution in [1.82, 2.24) is 0 Å². The van der Waals surface area contributed by atoms with Crippen LogP contribution in [-0.2, 0) is 4.74 Å². The van der Waals surface area contributed by atoms with Gasteiger partial charge in [0, 0.05) is 0 Å². The predicted octanol–water partition coefficient (Wildman–Crippen LogP) is 5.05. The SMILES string of the molecule is C#CCOC(=O)c1ccc(C(Br)Br)c(C(Br)Br)c1. The van der Waals surface area contributed by atoms with Crippen LogP contribution in [0.4, 0.5) is 0 Å². The zero-order valence-electron chi connectivity index (χ0n) is 9.00. The molecule has 0 spiro atoms. The van der Waals surface area contributed by atoms with E-state index in [1.54, 1.807) is 12.1 Å². The van der Waals surface area contributed by atoms with Crippen molar-refractivity contribution in [2.24, 2.45) is 0 Å². The Morgan fingerprint density at radius 2 is 1.83 bits per heavy atom. The highest BCUT2D eigenvalue weighted by molar-refractivity contribution is 9.24. The van der Waals surface area contributed by atoms with Gasteiger partial charge in [0.2, 0.25) is 0 Å². The summed E-state index contributed by atoms with van der Waals surface area (Å²) in [5.74, 6) is 1.83. The maximum Gasteiger partial charge on any atom is 0.339 e. The Labute approximate surface area is 139 Å². The average Bonchev–Trinajstić information content (AvgIpc) is 2.34. The van der Waals surface area contributed by atoms with Gasteiger partial charge in [-0.15, -0.1) is 6.42 Å². The molecular formula is C12H8Br4O2. The molecule has 0 aliphatic heterocycles. The van der Waals surface area contributed by atoms with Crippen molar-refractivity contribution in [2.45, 2.75) is 7.47 Å². The van der Waals surface area contributed by atoms with E-state index in [9.17, 15) is 4.79 Å². The summed E-state index contributed by atoms with van der Waals surface area (Å²) in [5.41, 5.74) is 2.42. The molecule has 0 amide bonds. The van der Waals surface area contributed by atoms with Crippen molar-refractivity contribution in [3.05, 3.63) is 34.9 Å². The van der Waals surface area contributed by atoms with E-state index in [-0.39, 0.29) is 14.1 Å². The normalized spacial score (nSPS) is 10.5. The van der Waals surface area contributed by atoms with Crippen LogP contribution in [0.2, 0.25) is 0 Å². The number of benzene rings is 1. The van der Waals surface area contributed by atoms with Gasteiger partial charge in [-0.2, -0.15) is 0 Å². The molecule has 1 aromatic carbocycles. The maximum atomic E-state index is 11.7. The van der Waals surface area contributed by atoms with Crippen molar-refractivity contribution in [1.29, 1.82) is 0 Å². The van der Waals surface area contributed by atoms with Crippen molar-refractivity contribution >= 4 is 69.7 Å². The van der Waals surface area contributed by atoms with Gasteiger partial charge in [-0.1, -0.05) is 75.7 Å². The van der Waals surface area contributed by atoms with Gasteiger partial charge in [-0.25, -0.2) is 4.79 Å². The Morgan fingerprint density at radius 1 is 1.22 bits per heavy atom. The van der Waals surface area contributed by atoms with E-state index in [4.69, 9.17) is 11.2 Å². The van der Waals surface area contributed by atoms with Crippen LogP contribution in [0, 0.1) is 12.3 Å². The Kier molecular flexibility index (Phi) is 6.93. The van der Waals surface area contributed by atoms with Crippen LogP contribution in [0.1, 0.15) is 29.0 Å². The van der Waals surface area contributed by atoms with Crippen molar-refractivity contribution in [3.8, 4) is 12.3 Å². The number of hydrogen-bond donors (Lipinski definition) is 0. The topological polar surface area (TPSA) is 26.3 Å². The lowest BCUT2D eigenvalue weighted by Crippen LogP contribution is -2.06. The van der Waals surface area contributed by atoms with E-state index in [1.807, 2.05) is 6.07 Å². The second-order valence-corrected chi connectivity index (χ2v) is 9.35. The standard InChI is InChI=1S/C12H8Br4O2/c1-2-5-18-12(17)7-3-4-8(10(13)14)9(6-7)11(15)16/h1,3-4,6,10-11H,5H2. The summed E-state index contributed by atoms with van der Waals surface area (Å²) in [6.45, 7) is -0.0263. The third-order valence-corrected chi connectivity index (χ3v) is 4.05. The number of rotatable bonds is 4. The number of esters is 1. The number of hydrogen-bond acceptors (Lipinski definition) is 2. The second-order valence-electron chi connectivity index (χ2n) is 3.23. The molecule has 0 aliphatic carbocycles. The molecule has 0 aromatic heterocycles. The lowest BCUT2D eigenvalue weighted by atomic mass is 10.1. The summed E-state index contributed by atoms with van der Waals surface area (Å²) in [6, 6.07) is 5.32. The van der Waals surface area contributed by atoms with E-state index in [1.165, 1.54) is 0 Å². The van der Waals surface area contributed by atoms with Crippen molar-refractivity contribution in [2.75, 3.05) is 6.61 Å². The molecule has 96 valence electrons. The molecule has 0 aliphatic rings. The highest BCUT2D eigenvalue weighted by Crippen LogP contribution is 2.40. The molecule has 18 heavy (non-hydrogen) atoms. The number of carbonyl (C=O) groups is 1. The van der Waals surface area contributed by atoms with Gasteiger partial charge < -0.3 is 4.74 Å². The molecule has 2 nitrogen and oxygen atoms in total. The molecule has 1 rings (SSSR count). The Hall–Kier alpha value is 0.170. The molecule has 0 N–H and O–H groups in total. The Morgan fingerprint density at radius 3 is 2.33 bits per heavy atom. The predicted molar refractivity (Wildman–Crippen MR) is 86.7 cm³/mol. The molecule has 0 saturated carbocycles. The van der Waals surface area contributed by atoms with Crippen LogP contribution in [0.15, 0.2) is 18.2 Å². The first kappa shape index (κ1) is 16.2. The van der Waals surface area contributed by atoms with Crippen LogP contribution in [0.3, 0.4) is 0 Å². The van der Waals surface area contributed by atoms with Crippen molar-refractivity contribution < 1.29 is 9.53 Å². The van der Waals surface area contributed by atoms with E-state index >= 15 is 0 Å². The van der Waals surface area contributed by atoms with Gasteiger partial charge in [-0.3, -0.25) is 0 Å². The lowest BCUT2D eigenvalue weighted by molar-refractivity contribution is 0.0556. The van der Waals surface area contributed by atoms with Crippen LogP contribution >= 0.6 is 63.7 Å². The molecule has 0 fully saturated rings. The van der Waals surface area contributed by atoms with Gasteiger partial charge in [0.15, 0.2) is 6.61 Å². The zero-order valence-corrected chi connectivity index (χ0v) is 15.3. The van der Waals surface area contributed by atoms with Crippen LogP contribution < -0.4 is 0 Å². The number of ether oxygens (including phenoxy) is 1.